The van der Waals surface area contributed by atoms with Gasteiger partial charge < -0.3 is 14.8 Å². The molecule has 2 unspecified atom stereocenters. The highest BCUT2D eigenvalue weighted by Crippen LogP contribution is 2.38. The first-order valence-electron chi connectivity index (χ1n) is 7.81. The molecule has 1 heterocycles. The normalized spacial score (nSPS) is 30.6. The highest BCUT2D eigenvalue weighted by molar-refractivity contribution is 4.96. The average Bonchev–Trinajstić information content (AvgIpc) is 2.84. The van der Waals surface area contributed by atoms with E-state index in [-0.39, 0.29) is 5.79 Å². The fourth-order valence-electron chi connectivity index (χ4n) is 3.27. The van der Waals surface area contributed by atoms with Crippen molar-refractivity contribution in [2.45, 2.75) is 70.4 Å². The van der Waals surface area contributed by atoms with Gasteiger partial charge in [0.2, 0.25) is 0 Å². The first-order chi connectivity index (χ1) is 9.08. The lowest BCUT2D eigenvalue weighted by Crippen LogP contribution is -2.58. The molecule has 1 saturated carbocycles. The van der Waals surface area contributed by atoms with Crippen LogP contribution < -0.4 is 5.32 Å². The Morgan fingerprint density at radius 1 is 1.32 bits per heavy atom. The Morgan fingerprint density at radius 3 is 2.58 bits per heavy atom. The second kappa shape index (κ2) is 6.53. The molecule has 0 amide bonds. The van der Waals surface area contributed by atoms with Crippen molar-refractivity contribution < 1.29 is 9.47 Å². The number of hydrogen-bond donors (Lipinski definition) is 1. The third kappa shape index (κ3) is 3.48. The summed E-state index contributed by atoms with van der Waals surface area (Å²) in [5.41, 5.74) is 0. The van der Waals surface area contributed by atoms with Crippen LogP contribution in [0.15, 0.2) is 0 Å². The predicted octanol–water partition coefficient (Wildman–Crippen LogP) is 1.99. The van der Waals surface area contributed by atoms with Crippen LogP contribution in [-0.2, 0) is 9.47 Å². The van der Waals surface area contributed by atoms with E-state index in [1.54, 1.807) is 0 Å². The molecule has 4 heteroatoms. The monoisotopic (exact) mass is 270 g/mol. The number of ether oxygens (including phenoxy) is 2. The van der Waals surface area contributed by atoms with Crippen molar-refractivity contribution in [2.75, 3.05) is 26.8 Å². The standard InChI is InChI=1S/C15H30N2O2/c1-5-8-16-13-6-7-15(18-9-10-19-15)11-14(13)17(4)12(2)3/h12-14,16H,5-11H2,1-4H3. The van der Waals surface area contributed by atoms with Crippen LogP contribution in [0.1, 0.15) is 46.5 Å². The smallest absolute Gasteiger partial charge is 0.170 e. The average molecular weight is 270 g/mol. The molecule has 0 aromatic carbocycles. The van der Waals surface area contributed by atoms with Crippen LogP contribution >= 0.6 is 0 Å². The summed E-state index contributed by atoms with van der Waals surface area (Å²) in [5.74, 6) is -0.293. The maximum Gasteiger partial charge on any atom is 0.170 e. The van der Waals surface area contributed by atoms with Gasteiger partial charge in [-0.25, -0.2) is 0 Å². The lowest BCUT2D eigenvalue weighted by Gasteiger charge is -2.46. The van der Waals surface area contributed by atoms with Crippen molar-refractivity contribution in [1.82, 2.24) is 10.2 Å². The zero-order chi connectivity index (χ0) is 13.9. The van der Waals surface area contributed by atoms with Gasteiger partial charge in [0.15, 0.2) is 5.79 Å². The van der Waals surface area contributed by atoms with Gasteiger partial charge in [0.25, 0.3) is 0 Å². The fourth-order valence-corrected chi connectivity index (χ4v) is 3.27. The van der Waals surface area contributed by atoms with Crippen LogP contribution in [0.5, 0.6) is 0 Å². The van der Waals surface area contributed by atoms with Crippen LogP contribution in [0.3, 0.4) is 0 Å². The lowest BCUT2D eigenvalue weighted by molar-refractivity contribution is -0.193. The van der Waals surface area contributed by atoms with Crippen molar-refractivity contribution in [3.63, 3.8) is 0 Å². The maximum absolute atomic E-state index is 5.92. The Balaban J connectivity index is 2.04. The van der Waals surface area contributed by atoms with Crippen molar-refractivity contribution in [3.05, 3.63) is 0 Å². The molecule has 1 aliphatic carbocycles. The van der Waals surface area contributed by atoms with E-state index in [4.69, 9.17) is 9.47 Å². The van der Waals surface area contributed by atoms with Crippen molar-refractivity contribution >= 4 is 0 Å². The topological polar surface area (TPSA) is 33.7 Å². The van der Waals surface area contributed by atoms with Crippen LogP contribution in [0.25, 0.3) is 0 Å². The molecule has 0 aromatic rings. The molecule has 112 valence electrons. The summed E-state index contributed by atoms with van der Waals surface area (Å²) in [6.07, 6.45) is 4.34. The molecule has 1 spiro atoms. The molecule has 1 N–H and O–H groups in total. The molecule has 1 aliphatic heterocycles. The van der Waals surface area contributed by atoms with Crippen LogP contribution in [0, 0.1) is 0 Å². The first-order valence-corrected chi connectivity index (χ1v) is 7.81. The van der Waals surface area contributed by atoms with Gasteiger partial charge in [-0.15, -0.1) is 0 Å². The summed E-state index contributed by atoms with van der Waals surface area (Å²) in [7, 11) is 2.23. The molecule has 19 heavy (non-hydrogen) atoms. The molecular weight excluding hydrogens is 240 g/mol. The van der Waals surface area contributed by atoms with Gasteiger partial charge >= 0.3 is 0 Å². The van der Waals surface area contributed by atoms with E-state index in [1.165, 1.54) is 6.42 Å². The molecule has 2 aliphatic rings. The second-order valence-corrected chi connectivity index (χ2v) is 6.24. The zero-order valence-corrected chi connectivity index (χ0v) is 12.9. The van der Waals surface area contributed by atoms with Crippen LogP contribution in [0.2, 0.25) is 0 Å². The van der Waals surface area contributed by atoms with Crippen molar-refractivity contribution in [1.29, 1.82) is 0 Å². The first kappa shape index (κ1) is 15.2. The maximum atomic E-state index is 5.92. The Labute approximate surface area is 117 Å². The van der Waals surface area contributed by atoms with E-state index >= 15 is 0 Å². The number of likely N-dealkylation sites (N-methyl/N-ethyl adjacent to an activating group) is 1. The predicted molar refractivity (Wildman–Crippen MR) is 77.3 cm³/mol. The van der Waals surface area contributed by atoms with Gasteiger partial charge in [0.1, 0.15) is 0 Å². The molecule has 0 aromatic heterocycles. The lowest BCUT2D eigenvalue weighted by atomic mass is 9.84. The van der Waals surface area contributed by atoms with Gasteiger partial charge in [0.05, 0.1) is 13.2 Å². The van der Waals surface area contributed by atoms with Gasteiger partial charge in [-0.3, -0.25) is 4.90 Å². The highest BCUT2D eigenvalue weighted by Gasteiger charge is 2.46. The minimum atomic E-state index is -0.293. The molecular formula is C15H30N2O2. The third-order valence-electron chi connectivity index (χ3n) is 4.63. The summed E-state index contributed by atoms with van der Waals surface area (Å²) in [4.78, 5) is 2.47. The Kier molecular flexibility index (Phi) is 5.23. The summed E-state index contributed by atoms with van der Waals surface area (Å²) < 4.78 is 11.8. The minimum Gasteiger partial charge on any atom is -0.347 e. The fraction of sp³-hybridized carbons (Fsp3) is 1.00. The van der Waals surface area contributed by atoms with Crippen LogP contribution in [0.4, 0.5) is 0 Å². The summed E-state index contributed by atoms with van der Waals surface area (Å²) in [5, 5.41) is 3.71. The van der Waals surface area contributed by atoms with E-state index in [1.807, 2.05) is 0 Å². The number of nitrogens with one attached hydrogen (secondary N) is 1. The SMILES string of the molecule is CCCNC1CCC2(CC1N(C)C(C)C)OCCO2. The Bertz CT molecular complexity index is 277. The molecule has 1 saturated heterocycles. The number of nitrogens with zero attached hydrogens (tertiary/aromatic N) is 1. The van der Waals surface area contributed by atoms with E-state index in [0.29, 0.717) is 18.1 Å². The van der Waals surface area contributed by atoms with Gasteiger partial charge in [-0.2, -0.15) is 0 Å². The number of rotatable bonds is 5. The second-order valence-electron chi connectivity index (χ2n) is 6.24. The molecule has 2 rings (SSSR count). The summed E-state index contributed by atoms with van der Waals surface area (Å²) in [6, 6.07) is 1.61. The molecule has 0 radical (unpaired) electrons. The van der Waals surface area contributed by atoms with Crippen LogP contribution in [-0.4, -0.2) is 55.6 Å². The molecule has 2 fully saturated rings. The van der Waals surface area contributed by atoms with E-state index in [9.17, 15) is 0 Å². The largest absolute Gasteiger partial charge is 0.347 e. The zero-order valence-electron chi connectivity index (χ0n) is 12.9. The van der Waals surface area contributed by atoms with E-state index < -0.39 is 0 Å². The van der Waals surface area contributed by atoms with Gasteiger partial charge in [-0.05, 0) is 40.3 Å². The molecule has 2 atom stereocenters. The highest BCUT2D eigenvalue weighted by atomic mass is 16.7. The quantitative estimate of drug-likeness (QED) is 0.828. The minimum absolute atomic E-state index is 0.293. The van der Waals surface area contributed by atoms with Crippen molar-refractivity contribution in [2.24, 2.45) is 0 Å². The van der Waals surface area contributed by atoms with Crippen molar-refractivity contribution in [3.8, 4) is 0 Å². The third-order valence-corrected chi connectivity index (χ3v) is 4.63. The van der Waals surface area contributed by atoms with E-state index in [2.05, 4.69) is 38.0 Å². The number of hydrogen-bond acceptors (Lipinski definition) is 4. The van der Waals surface area contributed by atoms with Gasteiger partial charge in [-0.1, -0.05) is 6.92 Å². The van der Waals surface area contributed by atoms with Gasteiger partial charge in [0, 0.05) is 31.0 Å². The molecule has 4 nitrogen and oxygen atoms in total. The Hall–Kier alpha value is -0.160. The molecule has 0 bridgehead atoms. The van der Waals surface area contributed by atoms with E-state index in [0.717, 1.165) is 39.0 Å². The summed E-state index contributed by atoms with van der Waals surface area (Å²) in [6.45, 7) is 9.35. The Morgan fingerprint density at radius 2 is 2.00 bits per heavy atom. The summed E-state index contributed by atoms with van der Waals surface area (Å²) >= 11 is 0.